The van der Waals surface area contributed by atoms with E-state index in [1.807, 2.05) is 7.05 Å². The van der Waals surface area contributed by atoms with Crippen LogP contribution in [0.3, 0.4) is 0 Å². The zero-order chi connectivity index (χ0) is 18.1. The van der Waals surface area contributed by atoms with E-state index >= 15 is 0 Å². The van der Waals surface area contributed by atoms with Gasteiger partial charge in [-0.15, -0.1) is 0 Å². The van der Waals surface area contributed by atoms with E-state index in [4.69, 9.17) is 14.2 Å². The summed E-state index contributed by atoms with van der Waals surface area (Å²) in [6, 6.07) is 0. The number of guanidine groups is 1. The van der Waals surface area contributed by atoms with Gasteiger partial charge in [0.25, 0.3) is 0 Å². The summed E-state index contributed by atoms with van der Waals surface area (Å²) in [6.07, 6.45) is 3.26. The topological polar surface area (TPSA) is 58.6 Å². The van der Waals surface area contributed by atoms with Crippen LogP contribution >= 0.6 is 0 Å². The van der Waals surface area contributed by atoms with Crippen molar-refractivity contribution in [3.05, 3.63) is 0 Å². The number of likely N-dealkylation sites (tertiary alicyclic amines) is 1. The number of nitrogens with one attached hydrogen (secondary N) is 1. The van der Waals surface area contributed by atoms with Gasteiger partial charge in [0, 0.05) is 58.5 Å². The second-order valence-corrected chi connectivity index (χ2v) is 7.30. The zero-order valence-electron chi connectivity index (χ0n) is 16.4. The lowest BCUT2D eigenvalue weighted by molar-refractivity contribution is -0.00523. The molecule has 1 unspecified atom stereocenters. The van der Waals surface area contributed by atoms with E-state index < -0.39 is 0 Å². The molecule has 0 aliphatic carbocycles. The smallest absolute Gasteiger partial charge is 0.193 e. The van der Waals surface area contributed by atoms with Crippen molar-refractivity contribution in [3.63, 3.8) is 0 Å². The summed E-state index contributed by atoms with van der Waals surface area (Å²) in [7, 11) is 7.91. The van der Waals surface area contributed by atoms with Gasteiger partial charge in [-0.25, -0.2) is 0 Å². The summed E-state index contributed by atoms with van der Waals surface area (Å²) < 4.78 is 16.3. The minimum absolute atomic E-state index is 0.149. The van der Waals surface area contributed by atoms with Gasteiger partial charge in [-0.1, -0.05) is 0 Å². The van der Waals surface area contributed by atoms with Crippen LogP contribution in [-0.2, 0) is 14.2 Å². The van der Waals surface area contributed by atoms with E-state index in [2.05, 4.69) is 34.2 Å². The fourth-order valence-electron chi connectivity index (χ4n) is 3.66. The third-order valence-electron chi connectivity index (χ3n) is 5.53. The molecule has 0 radical (unpaired) electrons. The number of hydrogen-bond donors (Lipinski definition) is 1. The first-order valence-electron chi connectivity index (χ1n) is 9.39. The second kappa shape index (κ2) is 10.3. The lowest BCUT2D eigenvalue weighted by Crippen LogP contribution is -2.57. The van der Waals surface area contributed by atoms with Crippen LogP contribution < -0.4 is 5.32 Å². The molecule has 2 rings (SSSR count). The average molecular weight is 357 g/mol. The average Bonchev–Trinajstić information content (AvgIpc) is 3.09. The molecular weight excluding hydrogens is 320 g/mol. The highest BCUT2D eigenvalue weighted by molar-refractivity contribution is 5.80. The third-order valence-corrected chi connectivity index (χ3v) is 5.53. The maximum Gasteiger partial charge on any atom is 0.193 e. The summed E-state index contributed by atoms with van der Waals surface area (Å²) in [5.41, 5.74) is 0.149. The molecule has 2 aliphatic rings. The molecule has 2 fully saturated rings. The Morgan fingerprint density at radius 1 is 1.32 bits per heavy atom. The van der Waals surface area contributed by atoms with E-state index in [9.17, 15) is 0 Å². The first-order valence-corrected chi connectivity index (χ1v) is 9.39. The van der Waals surface area contributed by atoms with Gasteiger partial charge in [0.15, 0.2) is 5.96 Å². The lowest BCUT2D eigenvalue weighted by Gasteiger charge is -2.43. The number of rotatable bonds is 8. The van der Waals surface area contributed by atoms with Crippen molar-refractivity contribution >= 4 is 5.96 Å². The Labute approximate surface area is 152 Å². The van der Waals surface area contributed by atoms with Gasteiger partial charge >= 0.3 is 0 Å². The summed E-state index contributed by atoms with van der Waals surface area (Å²) in [5, 5.41) is 3.62. The van der Waals surface area contributed by atoms with Gasteiger partial charge in [-0.3, -0.25) is 4.99 Å². The number of ether oxygens (including phenoxy) is 3. The molecular formula is C18H36N4O3. The van der Waals surface area contributed by atoms with Crippen molar-refractivity contribution in [2.24, 2.45) is 10.9 Å². The lowest BCUT2D eigenvalue weighted by atomic mass is 9.88. The highest BCUT2D eigenvalue weighted by atomic mass is 16.5. The molecule has 146 valence electrons. The normalized spacial score (nSPS) is 24.1. The van der Waals surface area contributed by atoms with Crippen molar-refractivity contribution in [1.29, 1.82) is 0 Å². The second-order valence-electron chi connectivity index (χ2n) is 7.30. The van der Waals surface area contributed by atoms with Gasteiger partial charge in [-0.2, -0.15) is 0 Å². The van der Waals surface area contributed by atoms with Crippen molar-refractivity contribution in [1.82, 2.24) is 15.1 Å². The largest absolute Gasteiger partial charge is 0.382 e. The molecule has 2 heterocycles. The Balaban J connectivity index is 1.80. The fourth-order valence-corrected chi connectivity index (χ4v) is 3.66. The molecule has 25 heavy (non-hydrogen) atoms. The third kappa shape index (κ3) is 5.81. The van der Waals surface area contributed by atoms with E-state index in [0.29, 0.717) is 19.1 Å². The summed E-state index contributed by atoms with van der Waals surface area (Å²) in [6.45, 7) is 6.76. The number of nitrogens with zero attached hydrogens (tertiary/aromatic N) is 3. The molecule has 0 aromatic heterocycles. The predicted molar refractivity (Wildman–Crippen MR) is 100 cm³/mol. The molecule has 7 heteroatoms. The molecule has 0 aromatic rings. The molecule has 0 aromatic carbocycles. The molecule has 0 saturated carbocycles. The molecule has 2 aliphatic heterocycles. The number of aliphatic imine (C=N–C) groups is 1. The van der Waals surface area contributed by atoms with Crippen LogP contribution in [0.15, 0.2) is 4.99 Å². The minimum Gasteiger partial charge on any atom is -0.382 e. The van der Waals surface area contributed by atoms with Crippen LogP contribution in [0.5, 0.6) is 0 Å². The summed E-state index contributed by atoms with van der Waals surface area (Å²) >= 11 is 0. The van der Waals surface area contributed by atoms with Gasteiger partial charge < -0.3 is 29.3 Å². The first-order chi connectivity index (χ1) is 12.1. The van der Waals surface area contributed by atoms with Crippen molar-refractivity contribution < 1.29 is 14.2 Å². The SMILES string of the molecule is CN=C(NCC1(N(C)C)CCOCC1)N1CCC(COCCOC)C1. The summed E-state index contributed by atoms with van der Waals surface area (Å²) in [5.74, 6) is 1.58. The Morgan fingerprint density at radius 3 is 2.72 bits per heavy atom. The van der Waals surface area contributed by atoms with Crippen molar-refractivity contribution in [3.8, 4) is 0 Å². The van der Waals surface area contributed by atoms with Crippen LogP contribution in [-0.4, -0.2) is 102 Å². The van der Waals surface area contributed by atoms with Crippen LogP contribution in [0.1, 0.15) is 19.3 Å². The van der Waals surface area contributed by atoms with E-state index in [-0.39, 0.29) is 5.54 Å². The highest BCUT2D eigenvalue weighted by Crippen LogP contribution is 2.25. The van der Waals surface area contributed by atoms with Gasteiger partial charge in [0.2, 0.25) is 0 Å². The van der Waals surface area contributed by atoms with Crippen LogP contribution in [0.25, 0.3) is 0 Å². The van der Waals surface area contributed by atoms with Crippen LogP contribution in [0.2, 0.25) is 0 Å². The van der Waals surface area contributed by atoms with Gasteiger partial charge in [0.1, 0.15) is 0 Å². The zero-order valence-corrected chi connectivity index (χ0v) is 16.4. The molecule has 0 bridgehead atoms. The maximum absolute atomic E-state index is 5.69. The number of hydrogen-bond acceptors (Lipinski definition) is 5. The van der Waals surface area contributed by atoms with Crippen LogP contribution in [0, 0.1) is 5.92 Å². The Bertz CT molecular complexity index is 411. The van der Waals surface area contributed by atoms with E-state index in [1.165, 1.54) is 0 Å². The minimum atomic E-state index is 0.149. The fraction of sp³-hybridized carbons (Fsp3) is 0.944. The number of methoxy groups -OCH3 is 1. The maximum atomic E-state index is 5.69. The van der Waals surface area contributed by atoms with E-state index in [1.54, 1.807) is 7.11 Å². The molecule has 1 atom stereocenters. The highest BCUT2D eigenvalue weighted by Gasteiger charge is 2.35. The van der Waals surface area contributed by atoms with Crippen molar-refractivity contribution in [2.75, 3.05) is 80.9 Å². The number of likely N-dealkylation sites (N-methyl/N-ethyl adjacent to an activating group) is 1. The van der Waals surface area contributed by atoms with E-state index in [0.717, 1.165) is 64.7 Å². The molecule has 7 nitrogen and oxygen atoms in total. The Kier molecular flexibility index (Phi) is 8.42. The molecule has 0 amide bonds. The monoisotopic (exact) mass is 356 g/mol. The van der Waals surface area contributed by atoms with Crippen molar-refractivity contribution in [2.45, 2.75) is 24.8 Å². The molecule has 1 N–H and O–H groups in total. The predicted octanol–water partition coefficient (Wildman–Crippen LogP) is 0.658. The van der Waals surface area contributed by atoms with Gasteiger partial charge in [-0.05, 0) is 33.4 Å². The van der Waals surface area contributed by atoms with Crippen LogP contribution in [0.4, 0.5) is 0 Å². The molecule has 2 saturated heterocycles. The van der Waals surface area contributed by atoms with Gasteiger partial charge in [0.05, 0.1) is 19.8 Å². The molecule has 0 spiro atoms. The Morgan fingerprint density at radius 2 is 2.08 bits per heavy atom. The Hall–Kier alpha value is -0.890. The first kappa shape index (κ1) is 20.4. The quantitative estimate of drug-likeness (QED) is 0.392. The standard InChI is InChI=1S/C18H36N4O3/c1-19-17(20-15-18(21(2)3)6-9-24-10-7-18)22-8-5-16(13-22)14-25-12-11-23-4/h16H,5-15H2,1-4H3,(H,19,20). The summed E-state index contributed by atoms with van der Waals surface area (Å²) in [4.78, 5) is 9.20.